The van der Waals surface area contributed by atoms with E-state index in [0.29, 0.717) is 6.54 Å². The molecule has 0 saturated heterocycles. The van der Waals surface area contributed by atoms with E-state index in [-0.39, 0.29) is 0 Å². The van der Waals surface area contributed by atoms with E-state index >= 15 is 0 Å². The summed E-state index contributed by atoms with van der Waals surface area (Å²) in [6, 6.07) is 0. The van der Waals surface area contributed by atoms with Gasteiger partial charge in [0.2, 0.25) is 0 Å². The second-order valence-corrected chi connectivity index (χ2v) is 2.15. The highest BCUT2D eigenvalue weighted by molar-refractivity contribution is 5.93. The van der Waals surface area contributed by atoms with Crippen LogP contribution in [0.2, 0.25) is 0 Å². The van der Waals surface area contributed by atoms with Crippen LogP contribution in [0.5, 0.6) is 0 Å². The average molecular weight is 163 g/mol. The summed E-state index contributed by atoms with van der Waals surface area (Å²) in [6.45, 7) is 5.09. The third kappa shape index (κ3) is 2.65. The van der Waals surface area contributed by atoms with Gasteiger partial charge in [-0.25, -0.2) is 8.78 Å². The van der Waals surface area contributed by atoms with Gasteiger partial charge >= 0.3 is 0 Å². The number of alkyl halides is 2. The highest BCUT2D eigenvalue weighted by Gasteiger charge is 2.19. The Morgan fingerprint density at radius 3 is 2.36 bits per heavy atom. The summed E-state index contributed by atoms with van der Waals surface area (Å²) in [5.74, 6) is -0.692. The topological polar surface area (TPSA) is 20.3 Å². The van der Waals surface area contributed by atoms with Crippen molar-refractivity contribution in [3.05, 3.63) is 12.2 Å². The molecule has 0 bridgehead atoms. The van der Waals surface area contributed by atoms with Crippen molar-refractivity contribution >= 4 is 5.91 Å². The van der Waals surface area contributed by atoms with Crippen LogP contribution < -0.4 is 0 Å². The van der Waals surface area contributed by atoms with Gasteiger partial charge in [0.05, 0.1) is 5.57 Å². The number of likely N-dealkylation sites (N-methyl/N-ethyl adjacent to an activating group) is 1. The van der Waals surface area contributed by atoms with Crippen molar-refractivity contribution in [2.24, 2.45) is 0 Å². The number of hydrogen-bond donors (Lipinski definition) is 0. The largest absolute Gasteiger partial charge is 0.342 e. The van der Waals surface area contributed by atoms with Gasteiger partial charge in [-0.05, 0) is 6.92 Å². The standard InChI is InChI=1S/C7H11F2NO/c1-4-10(3)7(11)5(2)6(8)9/h6H,2,4H2,1,3H3. The zero-order chi connectivity index (χ0) is 9.02. The Bertz CT molecular complexity index is 168. The molecule has 0 heterocycles. The number of carbonyl (C=O) groups is 1. The normalized spacial score (nSPS) is 9.91. The van der Waals surface area contributed by atoms with E-state index < -0.39 is 17.9 Å². The molecule has 0 aromatic rings. The van der Waals surface area contributed by atoms with Gasteiger partial charge in [-0.2, -0.15) is 0 Å². The lowest BCUT2D eigenvalue weighted by Gasteiger charge is -2.14. The lowest BCUT2D eigenvalue weighted by molar-refractivity contribution is -0.127. The van der Waals surface area contributed by atoms with E-state index in [1.54, 1.807) is 6.92 Å². The SMILES string of the molecule is C=C(C(=O)N(C)CC)C(F)F. The molecule has 1 amide bonds. The van der Waals surface area contributed by atoms with Gasteiger partial charge in [0.1, 0.15) is 0 Å². The van der Waals surface area contributed by atoms with Crippen LogP contribution in [-0.2, 0) is 4.79 Å². The Labute approximate surface area is 64.5 Å². The molecule has 0 unspecified atom stereocenters. The molecular formula is C7H11F2NO. The molecule has 11 heavy (non-hydrogen) atoms. The van der Waals surface area contributed by atoms with E-state index in [1.165, 1.54) is 11.9 Å². The van der Waals surface area contributed by atoms with Gasteiger partial charge in [-0.3, -0.25) is 4.79 Å². The molecule has 0 aliphatic rings. The molecule has 0 fully saturated rings. The molecule has 4 heteroatoms. The van der Waals surface area contributed by atoms with Crippen LogP contribution >= 0.6 is 0 Å². The number of nitrogens with zero attached hydrogens (tertiary/aromatic N) is 1. The fourth-order valence-electron chi connectivity index (χ4n) is 0.482. The third-order valence-corrected chi connectivity index (χ3v) is 1.36. The highest BCUT2D eigenvalue weighted by atomic mass is 19.3. The van der Waals surface area contributed by atoms with Gasteiger partial charge in [-0.15, -0.1) is 0 Å². The maximum Gasteiger partial charge on any atom is 0.268 e. The number of rotatable bonds is 3. The van der Waals surface area contributed by atoms with Crippen molar-refractivity contribution in [2.45, 2.75) is 13.3 Å². The van der Waals surface area contributed by atoms with Gasteiger partial charge in [-0.1, -0.05) is 6.58 Å². The summed E-state index contributed by atoms with van der Waals surface area (Å²) < 4.78 is 23.7. The molecule has 0 N–H and O–H groups in total. The van der Waals surface area contributed by atoms with E-state index in [0.717, 1.165) is 0 Å². The first-order valence-electron chi connectivity index (χ1n) is 3.23. The van der Waals surface area contributed by atoms with E-state index in [2.05, 4.69) is 6.58 Å². The minimum atomic E-state index is -2.75. The molecule has 0 saturated carbocycles. The van der Waals surface area contributed by atoms with E-state index in [1.807, 2.05) is 0 Å². The average Bonchev–Trinajstić information content (AvgIpc) is 2.00. The summed E-state index contributed by atoms with van der Waals surface area (Å²) in [5.41, 5.74) is -0.644. The number of amides is 1. The predicted molar refractivity (Wildman–Crippen MR) is 38.5 cm³/mol. The van der Waals surface area contributed by atoms with E-state index in [9.17, 15) is 13.6 Å². The quantitative estimate of drug-likeness (QED) is 0.574. The monoisotopic (exact) mass is 163 g/mol. The lowest BCUT2D eigenvalue weighted by Crippen LogP contribution is -2.29. The van der Waals surface area contributed by atoms with Crippen LogP contribution in [0.25, 0.3) is 0 Å². The van der Waals surface area contributed by atoms with Crippen LogP contribution in [0.3, 0.4) is 0 Å². The Hall–Kier alpha value is -0.930. The fourth-order valence-corrected chi connectivity index (χ4v) is 0.482. The molecule has 0 aromatic carbocycles. The molecule has 0 rings (SSSR count). The summed E-state index contributed by atoms with van der Waals surface area (Å²) >= 11 is 0. The van der Waals surface area contributed by atoms with Crippen molar-refractivity contribution in [3.63, 3.8) is 0 Å². The van der Waals surface area contributed by atoms with Crippen molar-refractivity contribution in [3.8, 4) is 0 Å². The summed E-state index contributed by atoms with van der Waals surface area (Å²) in [6.07, 6.45) is -2.75. The van der Waals surface area contributed by atoms with Crippen LogP contribution in [0.1, 0.15) is 6.92 Å². The Morgan fingerprint density at radius 1 is 1.64 bits per heavy atom. The van der Waals surface area contributed by atoms with Crippen LogP contribution in [0, 0.1) is 0 Å². The molecule has 0 aliphatic carbocycles. The lowest BCUT2D eigenvalue weighted by atomic mass is 10.3. The van der Waals surface area contributed by atoms with Gasteiger partial charge in [0.15, 0.2) is 0 Å². The molecule has 0 atom stereocenters. The molecule has 0 aliphatic heterocycles. The number of hydrogen-bond acceptors (Lipinski definition) is 1. The van der Waals surface area contributed by atoms with Crippen LogP contribution in [0.4, 0.5) is 8.78 Å². The first-order valence-corrected chi connectivity index (χ1v) is 3.23. The maximum absolute atomic E-state index is 11.8. The molecule has 0 spiro atoms. The first kappa shape index (κ1) is 10.1. The Morgan fingerprint density at radius 2 is 2.09 bits per heavy atom. The zero-order valence-corrected chi connectivity index (χ0v) is 6.60. The fraction of sp³-hybridized carbons (Fsp3) is 0.571. The van der Waals surface area contributed by atoms with Crippen molar-refractivity contribution in [2.75, 3.05) is 13.6 Å². The summed E-state index contributed by atoms with van der Waals surface area (Å²) in [4.78, 5) is 12.1. The smallest absolute Gasteiger partial charge is 0.268 e. The Kier molecular flexibility index (Phi) is 3.71. The van der Waals surface area contributed by atoms with Gasteiger partial charge < -0.3 is 4.90 Å². The van der Waals surface area contributed by atoms with E-state index in [4.69, 9.17) is 0 Å². The van der Waals surface area contributed by atoms with Crippen molar-refractivity contribution in [1.29, 1.82) is 0 Å². The predicted octanol–water partition coefficient (Wildman–Crippen LogP) is 1.29. The summed E-state index contributed by atoms with van der Waals surface area (Å²) in [7, 11) is 1.45. The molecule has 2 nitrogen and oxygen atoms in total. The summed E-state index contributed by atoms with van der Waals surface area (Å²) in [5, 5.41) is 0. The van der Waals surface area contributed by atoms with Crippen LogP contribution in [-0.4, -0.2) is 30.8 Å². The minimum Gasteiger partial charge on any atom is -0.342 e. The zero-order valence-electron chi connectivity index (χ0n) is 6.60. The van der Waals surface area contributed by atoms with Gasteiger partial charge in [0.25, 0.3) is 12.3 Å². The molecule has 0 radical (unpaired) electrons. The van der Waals surface area contributed by atoms with Gasteiger partial charge in [0, 0.05) is 13.6 Å². The Balaban J connectivity index is 4.14. The van der Waals surface area contributed by atoms with Crippen molar-refractivity contribution in [1.82, 2.24) is 4.90 Å². The maximum atomic E-state index is 11.8. The molecule has 64 valence electrons. The van der Waals surface area contributed by atoms with Crippen LogP contribution in [0.15, 0.2) is 12.2 Å². The first-order chi connectivity index (χ1) is 5.00. The molecule has 0 aromatic heterocycles. The highest BCUT2D eigenvalue weighted by Crippen LogP contribution is 2.08. The number of carbonyl (C=O) groups excluding carboxylic acids is 1. The third-order valence-electron chi connectivity index (χ3n) is 1.36. The second kappa shape index (κ2) is 4.05. The number of halogens is 2. The second-order valence-electron chi connectivity index (χ2n) is 2.15. The molecular weight excluding hydrogens is 152 g/mol. The van der Waals surface area contributed by atoms with Crippen molar-refractivity contribution < 1.29 is 13.6 Å². The minimum absolute atomic E-state index is 0.407.